The van der Waals surface area contributed by atoms with Crippen LogP contribution >= 0.6 is 0 Å². The summed E-state index contributed by atoms with van der Waals surface area (Å²) in [5.74, 6) is 0.272. The first-order chi connectivity index (χ1) is 12.8. The predicted octanol–water partition coefficient (Wildman–Crippen LogP) is 2.76. The van der Waals surface area contributed by atoms with E-state index in [0.29, 0.717) is 0 Å². The molecule has 4 rings (SSSR count). The highest BCUT2D eigenvalue weighted by Crippen LogP contribution is 2.31. The number of benzene rings is 1. The Kier molecular flexibility index (Phi) is 4.89. The summed E-state index contributed by atoms with van der Waals surface area (Å²) in [5.41, 5.74) is 1.78. The van der Waals surface area contributed by atoms with Crippen LogP contribution < -0.4 is 5.32 Å². The number of rotatable bonds is 5. The second kappa shape index (κ2) is 7.46. The first-order valence-electron chi connectivity index (χ1n) is 9.49. The summed E-state index contributed by atoms with van der Waals surface area (Å²) in [7, 11) is 0. The number of likely N-dealkylation sites (tertiary alicyclic amines) is 2. The van der Waals surface area contributed by atoms with E-state index in [4.69, 9.17) is 0 Å². The van der Waals surface area contributed by atoms with Crippen LogP contribution in [0.5, 0.6) is 0 Å². The molecule has 5 nitrogen and oxygen atoms in total. The smallest absolute Gasteiger partial charge is 0.248 e. The fraction of sp³-hybridized carbons (Fsp3) is 0.429. The minimum Gasteiger partial charge on any atom is -0.371 e. The van der Waals surface area contributed by atoms with Crippen molar-refractivity contribution in [3.8, 4) is 0 Å². The fourth-order valence-electron chi connectivity index (χ4n) is 3.85. The van der Waals surface area contributed by atoms with Crippen LogP contribution in [0.15, 0.2) is 54.9 Å². The molecule has 26 heavy (non-hydrogen) atoms. The number of nitrogens with one attached hydrogen (secondary N) is 1. The molecule has 3 heterocycles. The SMILES string of the molecule is O=C(N1CCC1)C1(Nc2ccccc2)CCN(Cc2cccnc2)CC1. The van der Waals surface area contributed by atoms with E-state index in [9.17, 15) is 4.79 Å². The van der Waals surface area contributed by atoms with E-state index in [2.05, 4.69) is 21.3 Å². The molecule has 0 radical (unpaired) electrons. The Morgan fingerprint density at radius 2 is 1.81 bits per heavy atom. The number of anilines is 1. The molecule has 1 amide bonds. The van der Waals surface area contributed by atoms with Crippen molar-refractivity contribution in [2.24, 2.45) is 0 Å². The van der Waals surface area contributed by atoms with Gasteiger partial charge >= 0.3 is 0 Å². The topological polar surface area (TPSA) is 48.5 Å². The van der Waals surface area contributed by atoms with Crippen LogP contribution in [0, 0.1) is 0 Å². The third-order valence-electron chi connectivity index (χ3n) is 5.55. The highest BCUT2D eigenvalue weighted by molar-refractivity contribution is 5.90. The summed E-state index contributed by atoms with van der Waals surface area (Å²) in [5, 5.41) is 3.60. The van der Waals surface area contributed by atoms with Crippen LogP contribution in [0.1, 0.15) is 24.8 Å². The van der Waals surface area contributed by atoms with Gasteiger partial charge in [-0.3, -0.25) is 14.7 Å². The molecule has 0 bridgehead atoms. The van der Waals surface area contributed by atoms with Crippen LogP contribution in [-0.2, 0) is 11.3 Å². The highest BCUT2D eigenvalue weighted by atomic mass is 16.2. The first-order valence-corrected chi connectivity index (χ1v) is 9.49. The fourth-order valence-corrected chi connectivity index (χ4v) is 3.85. The van der Waals surface area contributed by atoms with Crippen molar-refractivity contribution in [3.63, 3.8) is 0 Å². The van der Waals surface area contributed by atoms with Gasteiger partial charge in [0, 0.05) is 50.8 Å². The number of para-hydroxylation sites is 1. The molecule has 2 aliphatic heterocycles. The zero-order chi connectivity index (χ0) is 17.8. The van der Waals surface area contributed by atoms with Crippen LogP contribution in [0.25, 0.3) is 0 Å². The average Bonchev–Trinajstić information content (AvgIpc) is 2.64. The Labute approximate surface area is 155 Å². The van der Waals surface area contributed by atoms with Crippen LogP contribution in [0.3, 0.4) is 0 Å². The van der Waals surface area contributed by atoms with Gasteiger partial charge in [0.05, 0.1) is 0 Å². The molecule has 1 aromatic carbocycles. The average molecular weight is 350 g/mol. The molecule has 1 aromatic heterocycles. The number of carbonyl (C=O) groups is 1. The maximum absolute atomic E-state index is 13.2. The second-order valence-corrected chi connectivity index (χ2v) is 7.36. The highest BCUT2D eigenvalue weighted by Gasteiger charge is 2.44. The molecule has 5 heteroatoms. The molecule has 0 unspecified atom stereocenters. The van der Waals surface area contributed by atoms with E-state index < -0.39 is 5.54 Å². The standard InChI is InChI=1S/C21H26N4O/c26-20(25-12-5-13-25)21(23-19-7-2-1-3-8-19)9-14-24(15-10-21)17-18-6-4-11-22-16-18/h1-4,6-8,11,16,23H,5,9-10,12-15,17H2. The number of amides is 1. The lowest BCUT2D eigenvalue weighted by Crippen LogP contribution is -2.61. The summed E-state index contributed by atoms with van der Waals surface area (Å²) in [6.07, 6.45) is 6.52. The Morgan fingerprint density at radius 3 is 2.42 bits per heavy atom. The molecular formula is C21H26N4O. The number of carbonyl (C=O) groups excluding carboxylic acids is 1. The maximum Gasteiger partial charge on any atom is 0.248 e. The molecule has 1 N–H and O–H groups in total. The minimum absolute atomic E-state index is 0.272. The van der Waals surface area contributed by atoms with Crippen molar-refractivity contribution in [3.05, 3.63) is 60.4 Å². The Hall–Kier alpha value is -2.40. The van der Waals surface area contributed by atoms with Gasteiger partial charge in [-0.1, -0.05) is 24.3 Å². The van der Waals surface area contributed by atoms with Crippen molar-refractivity contribution < 1.29 is 4.79 Å². The van der Waals surface area contributed by atoms with Crippen molar-refractivity contribution in [2.45, 2.75) is 31.3 Å². The van der Waals surface area contributed by atoms with E-state index in [1.807, 2.05) is 47.5 Å². The normalized spacial score (nSPS) is 19.6. The van der Waals surface area contributed by atoms with Crippen molar-refractivity contribution in [1.82, 2.24) is 14.8 Å². The van der Waals surface area contributed by atoms with Crippen LogP contribution in [0.2, 0.25) is 0 Å². The van der Waals surface area contributed by atoms with Gasteiger partial charge in [0.15, 0.2) is 0 Å². The number of pyridine rings is 1. The van der Waals surface area contributed by atoms with E-state index in [-0.39, 0.29) is 5.91 Å². The van der Waals surface area contributed by atoms with Gasteiger partial charge in [-0.25, -0.2) is 0 Å². The monoisotopic (exact) mass is 350 g/mol. The zero-order valence-electron chi connectivity index (χ0n) is 15.1. The second-order valence-electron chi connectivity index (χ2n) is 7.36. The summed E-state index contributed by atoms with van der Waals surface area (Å²) in [6.45, 7) is 4.52. The number of piperidine rings is 1. The minimum atomic E-state index is -0.479. The van der Waals surface area contributed by atoms with Crippen molar-refractivity contribution in [2.75, 3.05) is 31.5 Å². The summed E-state index contributed by atoms with van der Waals surface area (Å²) in [6, 6.07) is 14.2. The Morgan fingerprint density at radius 1 is 1.04 bits per heavy atom. The molecule has 2 saturated heterocycles. The van der Waals surface area contributed by atoms with Gasteiger partial charge in [-0.05, 0) is 43.0 Å². The number of hydrogen-bond donors (Lipinski definition) is 1. The lowest BCUT2D eigenvalue weighted by atomic mass is 9.84. The number of hydrogen-bond acceptors (Lipinski definition) is 4. The Bertz CT molecular complexity index is 722. The third-order valence-corrected chi connectivity index (χ3v) is 5.55. The summed E-state index contributed by atoms with van der Waals surface area (Å²) < 4.78 is 0. The molecule has 2 aliphatic rings. The lowest BCUT2D eigenvalue weighted by molar-refractivity contribution is -0.141. The molecule has 0 atom stereocenters. The van der Waals surface area contributed by atoms with E-state index in [1.165, 1.54) is 5.56 Å². The lowest BCUT2D eigenvalue weighted by Gasteiger charge is -2.46. The van der Waals surface area contributed by atoms with Gasteiger partial charge < -0.3 is 10.2 Å². The van der Waals surface area contributed by atoms with Crippen molar-refractivity contribution >= 4 is 11.6 Å². The number of aromatic nitrogens is 1. The third kappa shape index (κ3) is 3.58. The molecule has 0 aliphatic carbocycles. The predicted molar refractivity (Wildman–Crippen MR) is 103 cm³/mol. The molecule has 2 aromatic rings. The van der Waals surface area contributed by atoms with E-state index >= 15 is 0 Å². The quantitative estimate of drug-likeness (QED) is 0.901. The van der Waals surface area contributed by atoms with Gasteiger partial charge in [-0.15, -0.1) is 0 Å². The molecule has 136 valence electrons. The number of nitrogens with zero attached hydrogens (tertiary/aromatic N) is 3. The molecular weight excluding hydrogens is 324 g/mol. The van der Waals surface area contributed by atoms with Gasteiger partial charge in [0.25, 0.3) is 0 Å². The van der Waals surface area contributed by atoms with Crippen LogP contribution in [-0.4, -0.2) is 52.4 Å². The van der Waals surface area contributed by atoms with E-state index in [1.54, 1.807) is 6.20 Å². The first kappa shape index (κ1) is 17.0. The molecule has 0 spiro atoms. The van der Waals surface area contributed by atoms with Gasteiger partial charge in [0.1, 0.15) is 5.54 Å². The van der Waals surface area contributed by atoms with Crippen LogP contribution in [0.4, 0.5) is 5.69 Å². The molecule has 2 fully saturated rings. The zero-order valence-corrected chi connectivity index (χ0v) is 15.1. The van der Waals surface area contributed by atoms with Crippen molar-refractivity contribution in [1.29, 1.82) is 0 Å². The molecule has 0 saturated carbocycles. The Balaban J connectivity index is 1.47. The summed E-state index contributed by atoms with van der Waals surface area (Å²) >= 11 is 0. The van der Waals surface area contributed by atoms with Gasteiger partial charge in [-0.2, -0.15) is 0 Å². The summed E-state index contributed by atoms with van der Waals surface area (Å²) in [4.78, 5) is 21.8. The largest absolute Gasteiger partial charge is 0.371 e. The van der Waals surface area contributed by atoms with Gasteiger partial charge in [0.2, 0.25) is 5.91 Å². The maximum atomic E-state index is 13.2. The van der Waals surface area contributed by atoms with E-state index in [0.717, 1.165) is 57.7 Å².